The van der Waals surface area contributed by atoms with Crippen molar-refractivity contribution < 1.29 is 17.9 Å². The molecule has 0 atom stereocenters. The number of carbonyl (C=O) groups is 1. The molecule has 1 fully saturated rings. The van der Waals surface area contributed by atoms with Gasteiger partial charge in [0.25, 0.3) is 0 Å². The van der Waals surface area contributed by atoms with E-state index < -0.39 is 10.0 Å². The molecule has 1 aromatic carbocycles. The average molecular weight is 493 g/mol. The van der Waals surface area contributed by atoms with Gasteiger partial charge in [0, 0.05) is 31.9 Å². The van der Waals surface area contributed by atoms with Gasteiger partial charge in [0.2, 0.25) is 15.9 Å². The van der Waals surface area contributed by atoms with Gasteiger partial charge in [-0.15, -0.1) is 0 Å². The van der Waals surface area contributed by atoms with Gasteiger partial charge in [-0.3, -0.25) is 4.79 Å². The third kappa shape index (κ3) is 5.13. The predicted molar refractivity (Wildman–Crippen MR) is 130 cm³/mol. The fourth-order valence-corrected chi connectivity index (χ4v) is 6.79. The summed E-state index contributed by atoms with van der Waals surface area (Å²) >= 11 is 1.41. The maximum absolute atomic E-state index is 13.0. The molecule has 1 amide bonds. The quantitative estimate of drug-likeness (QED) is 0.525. The third-order valence-corrected chi connectivity index (χ3v) is 9.02. The number of carbonyl (C=O) groups excluding carboxylic acids is 1. The van der Waals surface area contributed by atoms with Gasteiger partial charge >= 0.3 is 0 Å². The van der Waals surface area contributed by atoms with E-state index in [-0.39, 0.29) is 10.8 Å². The van der Waals surface area contributed by atoms with E-state index in [0.29, 0.717) is 50.7 Å². The molecule has 2 aromatic rings. The molecule has 10 heteroatoms. The number of hydrogen-bond acceptors (Lipinski definition) is 6. The number of aromatic nitrogens is 2. The topological polar surface area (TPSA) is 84.7 Å². The van der Waals surface area contributed by atoms with Crippen molar-refractivity contribution in [2.24, 2.45) is 0 Å². The summed E-state index contributed by atoms with van der Waals surface area (Å²) in [6.07, 6.45) is 6.50. The summed E-state index contributed by atoms with van der Waals surface area (Å²) in [6, 6.07) is 5.11. The largest absolute Gasteiger partial charge is 0.379 e. The fourth-order valence-electron chi connectivity index (χ4n) is 4.41. The van der Waals surface area contributed by atoms with Crippen LogP contribution in [0, 0.1) is 0 Å². The van der Waals surface area contributed by atoms with Crippen molar-refractivity contribution in [2.75, 3.05) is 38.6 Å². The number of nitrogens with zero attached hydrogens (tertiary/aromatic N) is 4. The Morgan fingerprint density at radius 3 is 2.67 bits per heavy atom. The molecule has 1 aliphatic heterocycles. The van der Waals surface area contributed by atoms with E-state index >= 15 is 0 Å². The maximum atomic E-state index is 13.0. The molecule has 1 aliphatic carbocycles. The lowest BCUT2D eigenvalue weighted by atomic mass is 10.0. The lowest BCUT2D eigenvalue weighted by molar-refractivity contribution is -0.126. The fraction of sp³-hybridized carbons (Fsp3) is 0.565. The van der Waals surface area contributed by atoms with Gasteiger partial charge in [-0.25, -0.2) is 13.4 Å². The Kier molecular flexibility index (Phi) is 7.78. The number of hydrogen-bond donors (Lipinski definition) is 0. The van der Waals surface area contributed by atoms with Crippen molar-refractivity contribution in [3.8, 4) is 0 Å². The number of imidazole rings is 1. The Hall–Kier alpha value is -1.88. The van der Waals surface area contributed by atoms with Crippen molar-refractivity contribution >= 4 is 38.7 Å². The number of allylic oxidation sites excluding steroid dienone is 2. The second kappa shape index (κ2) is 10.6. The number of morpholine rings is 1. The summed E-state index contributed by atoms with van der Waals surface area (Å²) in [4.78, 5) is 19.8. The van der Waals surface area contributed by atoms with Gasteiger partial charge in [0.05, 0.1) is 34.9 Å². The Balaban J connectivity index is 1.54. The molecule has 2 heterocycles. The van der Waals surface area contributed by atoms with E-state index in [1.54, 1.807) is 12.1 Å². The highest BCUT2D eigenvalue weighted by atomic mass is 32.2. The van der Waals surface area contributed by atoms with Crippen LogP contribution in [-0.2, 0) is 26.1 Å². The van der Waals surface area contributed by atoms with Crippen LogP contribution in [0.2, 0.25) is 0 Å². The molecular formula is C23H32N4O4S2. The summed E-state index contributed by atoms with van der Waals surface area (Å²) in [7, 11) is -3.59. The van der Waals surface area contributed by atoms with E-state index in [1.807, 2.05) is 29.4 Å². The van der Waals surface area contributed by atoms with E-state index in [4.69, 9.17) is 9.72 Å². The Morgan fingerprint density at radius 1 is 1.21 bits per heavy atom. The van der Waals surface area contributed by atoms with E-state index in [1.165, 1.54) is 22.5 Å². The minimum Gasteiger partial charge on any atom is -0.379 e. The highest BCUT2D eigenvalue weighted by Crippen LogP contribution is 2.28. The minimum atomic E-state index is -3.59. The number of amides is 1. The Bertz CT molecular complexity index is 1140. The molecular weight excluding hydrogens is 460 g/mol. The van der Waals surface area contributed by atoms with Crippen molar-refractivity contribution in [2.45, 2.75) is 56.1 Å². The van der Waals surface area contributed by atoms with Crippen LogP contribution in [0.5, 0.6) is 0 Å². The zero-order valence-electron chi connectivity index (χ0n) is 19.3. The van der Waals surface area contributed by atoms with Crippen LogP contribution in [0.4, 0.5) is 0 Å². The van der Waals surface area contributed by atoms with Gasteiger partial charge in [0.1, 0.15) is 0 Å². The molecule has 0 saturated carbocycles. The molecule has 1 saturated heterocycles. The van der Waals surface area contributed by atoms with Crippen LogP contribution >= 0.6 is 11.8 Å². The number of rotatable bonds is 8. The second-order valence-electron chi connectivity index (χ2n) is 8.17. The zero-order valence-corrected chi connectivity index (χ0v) is 21.0. The lowest BCUT2D eigenvalue weighted by Crippen LogP contribution is -2.40. The SMILES string of the molecule is CCN(C(=O)CSc1nc2cc(S(=O)(=O)N3CCOCC3)ccc2n1CC)C1=CCCCC1. The summed E-state index contributed by atoms with van der Waals surface area (Å²) in [6.45, 7) is 6.92. The van der Waals surface area contributed by atoms with E-state index in [9.17, 15) is 13.2 Å². The van der Waals surface area contributed by atoms with Crippen molar-refractivity contribution in [3.63, 3.8) is 0 Å². The van der Waals surface area contributed by atoms with E-state index in [2.05, 4.69) is 6.08 Å². The molecule has 0 spiro atoms. The highest BCUT2D eigenvalue weighted by molar-refractivity contribution is 7.99. The molecule has 0 N–H and O–H groups in total. The molecule has 4 rings (SSSR count). The van der Waals surface area contributed by atoms with Gasteiger partial charge in [-0.1, -0.05) is 17.8 Å². The number of aryl methyl sites for hydroxylation is 1. The standard InChI is InChI=1S/C23H32N4O4S2/c1-3-26(18-8-6-5-7-9-18)22(28)17-32-23-24-20-16-19(10-11-21(20)27(23)4-2)33(29,30)25-12-14-31-15-13-25/h8,10-11,16H,3-7,9,12-15,17H2,1-2H3. The highest BCUT2D eigenvalue weighted by Gasteiger charge is 2.27. The predicted octanol–water partition coefficient (Wildman–Crippen LogP) is 3.48. The molecule has 0 radical (unpaired) electrons. The lowest BCUT2D eigenvalue weighted by Gasteiger charge is -2.26. The van der Waals surface area contributed by atoms with Crippen LogP contribution in [0.25, 0.3) is 11.0 Å². The first-order chi connectivity index (χ1) is 16.0. The number of sulfonamides is 1. The number of thioether (sulfide) groups is 1. The first-order valence-corrected chi connectivity index (χ1v) is 14.1. The molecule has 0 unspecified atom stereocenters. The summed E-state index contributed by atoms with van der Waals surface area (Å²) in [5.41, 5.74) is 2.63. The molecule has 1 aromatic heterocycles. The zero-order chi connectivity index (χ0) is 23.4. The summed E-state index contributed by atoms with van der Waals surface area (Å²) < 4.78 is 34.9. The summed E-state index contributed by atoms with van der Waals surface area (Å²) in [5.74, 6) is 0.383. The van der Waals surface area contributed by atoms with Gasteiger partial charge in [-0.2, -0.15) is 4.31 Å². The maximum Gasteiger partial charge on any atom is 0.243 e. The normalized spacial score (nSPS) is 17.8. The van der Waals surface area contributed by atoms with Gasteiger partial charge in [-0.05, 0) is 57.7 Å². The first-order valence-electron chi connectivity index (χ1n) is 11.7. The molecule has 0 bridgehead atoms. The van der Waals surface area contributed by atoms with E-state index in [0.717, 1.165) is 35.6 Å². The van der Waals surface area contributed by atoms with Crippen LogP contribution in [0.1, 0.15) is 39.5 Å². The smallest absolute Gasteiger partial charge is 0.243 e. The number of fused-ring (bicyclic) bond motifs is 1. The molecule has 33 heavy (non-hydrogen) atoms. The Labute approximate surface area is 200 Å². The molecule has 180 valence electrons. The average Bonchev–Trinajstić information content (AvgIpc) is 3.21. The third-order valence-electron chi connectivity index (χ3n) is 6.16. The Morgan fingerprint density at radius 2 is 2.00 bits per heavy atom. The van der Waals surface area contributed by atoms with Crippen LogP contribution in [0.15, 0.2) is 40.0 Å². The monoisotopic (exact) mass is 492 g/mol. The number of benzene rings is 1. The molecule has 2 aliphatic rings. The minimum absolute atomic E-state index is 0.0842. The first kappa shape index (κ1) is 24.3. The van der Waals surface area contributed by atoms with Gasteiger partial charge < -0.3 is 14.2 Å². The molecule has 8 nitrogen and oxygen atoms in total. The van der Waals surface area contributed by atoms with Crippen LogP contribution in [0.3, 0.4) is 0 Å². The summed E-state index contributed by atoms with van der Waals surface area (Å²) in [5, 5.41) is 0.732. The van der Waals surface area contributed by atoms with Crippen LogP contribution in [-0.4, -0.2) is 71.7 Å². The second-order valence-corrected chi connectivity index (χ2v) is 11.1. The van der Waals surface area contributed by atoms with Crippen LogP contribution < -0.4 is 0 Å². The van der Waals surface area contributed by atoms with Crippen molar-refractivity contribution in [1.82, 2.24) is 18.8 Å². The van der Waals surface area contributed by atoms with Crippen molar-refractivity contribution in [1.29, 1.82) is 0 Å². The van der Waals surface area contributed by atoms with Gasteiger partial charge in [0.15, 0.2) is 5.16 Å². The number of ether oxygens (including phenoxy) is 1. The van der Waals surface area contributed by atoms with Crippen molar-refractivity contribution in [3.05, 3.63) is 30.0 Å².